The van der Waals surface area contributed by atoms with Gasteiger partial charge in [-0.25, -0.2) is 0 Å². The van der Waals surface area contributed by atoms with E-state index in [1.807, 2.05) is 6.92 Å². The van der Waals surface area contributed by atoms with Crippen molar-refractivity contribution in [2.45, 2.75) is 32.9 Å². The van der Waals surface area contributed by atoms with E-state index in [-0.39, 0.29) is 19.1 Å². The summed E-state index contributed by atoms with van der Waals surface area (Å²) in [5.41, 5.74) is 0.558. The summed E-state index contributed by atoms with van der Waals surface area (Å²) in [5, 5.41) is 3.64. The fourth-order valence-corrected chi connectivity index (χ4v) is 3.44. The van der Waals surface area contributed by atoms with Crippen LogP contribution in [0.15, 0.2) is 36.4 Å². The molecule has 2 aromatic rings. The van der Waals surface area contributed by atoms with Crippen LogP contribution >= 0.6 is 23.2 Å². The Morgan fingerprint density at radius 3 is 2.12 bits per heavy atom. The first-order valence-electron chi connectivity index (χ1n) is 10.2. The lowest BCUT2D eigenvalue weighted by molar-refractivity contribution is -0.142. The summed E-state index contributed by atoms with van der Waals surface area (Å²) in [6.07, 6.45) is 0.781. The molecule has 2 amide bonds. The summed E-state index contributed by atoms with van der Waals surface area (Å²) in [4.78, 5) is 27.1. The minimum absolute atomic E-state index is 0.0584. The molecule has 0 aliphatic carbocycles. The summed E-state index contributed by atoms with van der Waals surface area (Å²) in [6, 6.07) is 9.31. The molecule has 2 rings (SSSR count). The Bertz CT molecular complexity index is 896. The summed E-state index contributed by atoms with van der Waals surface area (Å²) in [6.45, 7) is 3.88. The SMILES string of the molecule is CCCNC(=O)[C@H](C)N(Cc1c(Cl)cccc1Cl)C(=O)COc1cc(OC)cc(OC)c1. The molecular formula is C23H28Cl2N2O5. The van der Waals surface area contributed by atoms with Gasteiger partial charge in [0, 0.05) is 46.9 Å². The van der Waals surface area contributed by atoms with Crippen molar-refractivity contribution in [2.75, 3.05) is 27.4 Å². The molecule has 0 saturated carbocycles. The number of rotatable bonds is 11. The number of hydrogen-bond donors (Lipinski definition) is 1. The van der Waals surface area contributed by atoms with E-state index < -0.39 is 11.9 Å². The van der Waals surface area contributed by atoms with E-state index in [9.17, 15) is 9.59 Å². The van der Waals surface area contributed by atoms with Crippen molar-refractivity contribution >= 4 is 35.0 Å². The largest absolute Gasteiger partial charge is 0.496 e. The molecule has 2 aromatic carbocycles. The van der Waals surface area contributed by atoms with Crippen LogP contribution in [0, 0.1) is 0 Å². The summed E-state index contributed by atoms with van der Waals surface area (Å²) in [7, 11) is 3.05. The number of benzene rings is 2. The van der Waals surface area contributed by atoms with E-state index in [4.69, 9.17) is 37.4 Å². The van der Waals surface area contributed by atoms with Gasteiger partial charge in [-0.3, -0.25) is 9.59 Å². The van der Waals surface area contributed by atoms with Crippen molar-refractivity contribution < 1.29 is 23.8 Å². The van der Waals surface area contributed by atoms with E-state index in [0.717, 1.165) is 6.42 Å². The zero-order valence-corrected chi connectivity index (χ0v) is 20.1. The van der Waals surface area contributed by atoms with Crippen molar-refractivity contribution in [3.05, 3.63) is 52.0 Å². The molecule has 0 aliphatic rings. The second kappa shape index (κ2) is 12.4. The highest BCUT2D eigenvalue weighted by atomic mass is 35.5. The number of carbonyl (C=O) groups is 2. The van der Waals surface area contributed by atoms with Crippen LogP contribution in [0.2, 0.25) is 10.0 Å². The van der Waals surface area contributed by atoms with Crippen LogP contribution in [0.4, 0.5) is 0 Å². The molecule has 0 saturated heterocycles. The third kappa shape index (κ3) is 6.93. The zero-order valence-electron chi connectivity index (χ0n) is 18.6. The van der Waals surface area contributed by atoms with Gasteiger partial charge in [0.05, 0.1) is 14.2 Å². The molecule has 9 heteroatoms. The number of ether oxygens (including phenoxy) is 3. The van der Waals surface area contributed by atoms with Crippen molar-refractivity contribution in [3.63, 3.8) is 0 Å². The van der Waals surface area contributed by atoms with E-state index in [2.05, 4.69) is 5.32 Å². The number of methoxy groups -OCH3 is 2. The molecule has 0 radical (unpaired) electrons. The second-order valence-corrected chi connectivity index (χ2v) is 7.84. The number of nitrogens with zero attached hydrogens (tertiary/aromatic N) is 1. The minimum atomic E-state index is -0.759. The Hall–Kier alpha value is -2.64. The van der Waals surface area contributed by atoms with Crippen LogP contribution in [0.5, 0.6) is 17.2 Å². The van der Waals surface area contributed by atoms with Gasteiger partial charge in [-0.05, 0) is 25.5 Å². The maximum absolute atomic E-state index is 13.1. The third-order valence-corrected chi connectivity index (χ3v) is 5.50. The van der Waals surface area contributed by atoms with Crippen LogP contribution < -0.4 is 19.5 Å². The molecule has 0 fully saturated rings. The standard InChI is InChI=1S/C23H28Cl2N2O5/c1-5-9-26-23(29)15(2)27(13-19-20(24)7-6-8-21(19)25)22(28)14-32-18-11-16(30-3)10-17(12-18)31-4/h6-8,10-12,15H,5,9,13-14H2,1-4H3,(H,26,29)/t15-/m0/s1. The lowest BCUT2D eigenvalue weighted by atomic mass is 10.1. The van der Waals surface area contributed by atoms with Gasteiger partial charge in [0.15, 0.2) is 6.61 Å². The minimum Gasteiger partial charge on any atom is -0.496 e. The monoisotopic (exact) mass is 482 g/mol. The first-order chi connectivity index (χ1) is 15.3. The quantitative estimate of drug-likeness (QED) is 0.515. The maximum Gasteiger partial charge on any atom is 0.261 e. The average Bonchev–Trinajstić information content (AvgIpc) is 2.80. The number of halogens is 2. The molecule has 0 heterocycles. The number of carbonyl (C=O) groups excluding carboxylic acids is 2. The fourth-order valence-electron chi connectivity index (χ4n) is 2.92. The molecule has 0 unspecified atom stereocenters. The average molecular weight is 483 g/mol. The first-order valence-corrected chi connectivity index (χ1v) is 10.9. The first kappa shape index (κ1) is 25.6. The van der Waals surface area contributed by atoms with Crippen LogP contribution in [0.3, 0.4) is 0 Å². The number of nitrogens with one attached hydrogen (secondary N) is 1. The van der Waals surface area contributed by atoms with Gasteiger partial charge in [-0.15, -0.1) is 0 Å². The molecule has 32 heavy (non-hydrogen) atoms. The lowest BCUT2D eigenvalue weighted by Gasteiger charge is -2.29. The fraction of sp³-hybridized carbons (Fsp3) is 0.391. The Labute approximate surface area is 198 Å². The summed E-state index contributed by atoms with van der Waals surface area (Å²) in [5.74, 6) is 0.777. The highest BCUT2D eigenvalue weighted by Gasteiger charge is 2.27. The molecule has 1 atom stereocenters. The number of hydrogen-bond acceptors (Lipinski definition) is 5. The molecule has 0 aromatic heterocycles. The van der Waals surface area contributed by atoms with E-state index in [1.54, 1.807) is 43.3 Å². The van der Waals surface area contributed by atoms with Crippen LogP contribution in [-0.4, -0.2) is 50.1 Å². The molecule has 7 nitrogen and oxygen atoms in total. The Balaban J connectivity index is 2.24. The lowest BCUT2D eigenvalue weighted by Crippen LogP contribution is -2.49. The number of amides is 2. The van der Waals surface area contributed by atoms with Crippen LogP contribution in [0.25, 0.3) is 0 Å². The molecule has 0 aliphatic heterocycles. The summed E-state index contributed by atoms with van der Waals surface area (Å²) >= 11 is 12.6. The van der Waals surface area contributed by atoms with Gasteiger partial charge < -0.3 is 24.4 Å². The molecule has 1 N–H and O–H groups in total. The predicted molar refractivity (Wildman–Crippen MR) is 125 cm³/mol. The zero-order chi connectivity index (χ0) is 23.7. The van der Waals surface area contributed by atoms with Crippen molar-refractivity contribution in [2.24, 2.45) is 0 Å². The highest BCUT2D eigenvalue weighted by molar-refractivity contribution is 6.36. The molecule has 0 spiro atoms. The predicted octanol–water partition coefficient (Wildman–Crippen LogP) is 4.33. The van der Waals surface area contributed by atoms with Crippen molar-refractivity contribution in [3.8, 4) is 17.2 Å². The third-order valence-electron chi connectivity index (χ3n) is 4.79. The van der Waals surface area contributed by atoms with Crippen LogP contribution in [-0.2, 0) is 16.1 Å². The molecule has 0 bridgehead atoms. The van der Waals surface area contributed by atoms with Crippen molar-refractivity contribution in [1.82, 2.24) is 10.2 Å². The molecule has 174 valence electrons. The highest BCUT2D eigenvalue weighted by Crippen LogP contribution is 2.28. The smallest absolute Gasteiger partial charge is 0.261 e. The van der Waals surface area contributed by atoms with Gasteiger partial charge >= 0.3 is 0 Å². The van der Waals surface area contributed by atoms with Gasteiger partial charge in [-0.2, -0.15) is 0 Å². The van der Waals surface area contributed by atoms with E-state index >= 15 is 0 Å². The second-order valence-electron chi connectivity index (χ2n) is 7.03. The van der Waals surface area contributed by atoms with Gasteiger partial charge in [0.25, 0.3) is 5.91 Å². The Kier molecular flexibility index (Phi) is 9.94. The van der Waals surface area contributed by atoms with Gasteiger partial charge in [-0.1, -0.05) is 36.2 Å². The van der Waals surface area contributed by atoms with Gasteiger partial charge in [0.2, 0.25) is 5.91 Å². The van der Waals surface area contributed by atoms with Crippen LogP contribution in [0.1, 0.15) is 25.8 Å². The van der Waals surface area contributed by atoms with Gasteiger partial charge in [0.1, 0.15) is 23.3 Å². The van der Waals surface area contributed by atoms with E-state index in [0.29, 0.717) is 39.4 Å². The normalized spacial score (nSPS) is 11.4. The molecular weight excluding hydrogens is 455 g/mol. The Morgan fingerprint density at radius 1 is 1.03 bits per heavy atom. The van der Waals surface area contributed by atoms with Crippen molar-refractivity contribution in [1.29, 1.82) is 0 Å². The van der Waals surface area contributed by atoms with E-state index in [1.165, 1.54) is 19.1 Å². The summed E-state index contributed by atoms with van der Waals surface area (Å²) < 4.78 is 16.1. The Morgan fingerprint density at radius 2 is 1.59 bits per heavy atom. The maximum atomic E-state index is 13.1. The topological polar surface area (TPSA) is 77.1 Å².